The summed E-state index contributed by atoms with van der Waals surface area (Å²) in [5.41, 5.74) is 15.5. The lowest BCUT2D eigenvalue weighted by molar-refractivity contribution is 0.147. The second kappa shape index (κ2) is 9.25. The van der Waals surface area contributed by atoms with E-state index in [1.54, 1.807) is 6.07 Å². The molecule has 37 heavy (non-hydrogen) atoms. The van der Waals surface area contributed by atoms with Gasteiger partial charge in [-0.25, -0.2) is 22.8 Å². The second-order valence-corrected chi connectivity index (χ2v) is 12.5. The third-order valence-corrected chi connectivity index (χ3v) is 9.24. The van der Waals surface area contributed by atoms with E-state index in [1.807, 2.05) is 19.9 Å². The van der Waals surface area contributed by atoms with E-state index in [-0.39, 0.29) is 17.0 Å². The summed E-state index contributed by atoms with van der Waals surface area (Å²) in [5.74, 6) is 0.385. The number of hydrogen-bond donors (Lipinski definition) is 2. The number of aromatic nitrogens is 2. The van der Waals surface area contributed by atoms with Gasteiger partial charge < -0.3 is 16.2 Å². The largest absolute Gasteiger partial charge is 0.488 e. The molecular formula is C27H32FN5O3S. The Morgan fingerprint density at radius 1 is 1.05 bits per heavy atom. The fourth-order valence-corrected chi connectivity index (χ4v) is 6.76. The maximum atomic E-state index is 13.8. The monoisotopic (exact) mass is 525 g/mol. The molecule has 0 bridgehead atoms. The molecule has 2 aliphatic carbocycles. The van der Waals surface area contributed by atoms with Crippen molar-refractivity contribution in [1.82, 2.24) is 9.97 Å². The lowest BCUT2D eigenvalue weighted by atomic mass is 9.71. The van der Waals surface area contributed by atoms with Gasteiger partial charge in [-0.15, -0.1) is 0 Å². The van der Waals surface area contributed by atoms with Gasteiger partial charge in [-0.05, 0) is 79.5 Å². The molecule has 0 amide bonds. The fraction of sp³-hybridized carbons (Fsp3) is 0.407. The zero-order chi connectivity index (χ0) is 26.5. The third-order valence-electron chi connectivity index (χ3n) is 7.47. The smallest absolute Gasteiger partial charge is 0.264 e. The number of rotatable bonds is 5. The molecule has 1 saturated carbocycles. The Bertz CT molecular complexity index is 1440. The number of halogens is 1. The summed E-state index contributed by atoms with van der Waals surface area (Å²) in [7, 11) is -2.52. The van der Waals surface area contributed by atoms with Crippen LogP contribution in [0.4, 0.5) is 15.9 Å². The molecule has 0 saturated heterocycles. The molecular weight excluding hydrogens is 493 g/mol. The maximum Gasteiger partial charge on any atom is 0.264 e. The van der Waals surface area contributed by atoms with Gasteiger partial charge in [0, 0.05) is 24.2 Å². The highest BCUT2D eigenvalue weighted by Crippen LogP contribution is 2.50. The topological polar surface area (TPSA) is 124 Å². The molecule has 2 aliphatic rings. The van der Waals surface area contributed by atoms with Gasteiger partial charge in [-0.3, -0.25) is 4.31 Å². The highest BCUT2D eigenvalue weighted by Gasteiger charge is 2.39. The van der Waals surface area contributed by atoms with Crippen molar-refractivity contribution < 1.29 is 17.5 Å². The van der Waals surface area contributed by atoms with Crippen LogP contribution in [0.25, 0.3) is 11.3 Å². The quantitative estimate of drug-likeness (QED) is 0.512. The maximum absolute atomic E-state index is 13.8. The fourth-order valence-electron chi connectivity index (χ4n) is 5.53. The van der Waals surface area contributed by atoms with E-state index in [0.717, 1.165) is 54.5 Å². The summed E-state index contributed by atoms with van der Waals surface area (Å²) in [4.78, 5) is 8.74. The molecule has 0 atom stereocenters. The minimum absolute atomic E-state index is 0.00867. The molecule has 1 fully saturated rings. The summed E-state index contributed by atoms with van der Waals surface area (Å²) in [6.45, 7) is 4.09. The summed E-state index contributed by atoms with van der Waals surface area (Å²) < 4.78 is 48.8. The van der Waals surface area contributed by atoms with Crippen LogP contribution in [0.3, 0.4) is 0 Å². The van der Waals surface area contributed by atoms with Crippen molar-refractivity contribution in [3.8, 4) is 17.0 Å². The van der Waals surface area contributed by atoms with Gasteiger partial charge in [0.1, 0.15) is 23.7 Å². The molecule has 0 unspecified atom stereocenters. The molecule has 2 aromatic carbocycles. The van der Waals surface area contributed by atoms with E-state index in [0.29, 0.717) is 29.4 Å². The Morgan fingerprint density at radius 2 is 1.73 bits per heavy atom. The van der Waals surface area contributed by atoms with Crippen molar-refractivity contribution in [2.45, 2.75) is 68.4 Å². The van der Waals surface area contributed by atoms with E-state index < -0.39 is 21.3 Å². The van der Waals surface area contributed by atoms with Crippen LogP contribution in [0.1, 0.15) is 50.7 Å². The van der Waals surface area contributed by atoms with Crippen LogP contribution >= 0.6 is 0 Å². The average molecular weight is 526 g/mol. The zero-order valence-corrected chi connectivity index (χ0v) is 22.1. The van der Waals surface area contributed by atoms with Gasteiger partial charge >= 0.3 is 0 Å². The van der Waals surface area contributed by atoms with Crippen LogP contribution in [-0.2, 0) is 21.9 Å². The van der Waals surface area contributed by atoms with E-state index in [2.05, 4.69) is 9.97 Å². The molecule has 196 valence electrons. The Morgan fingerprint density at radius 3 is 2.41 bits per heavy atom. The van der Waals surface area contributed by atoms with Crippen molar-refractivity contribution in [2.24, 2.45) is 5.73 Å². The molecule has 4 N–H and O–H groups in total. The van der Waals surface area contributed by atoms with Crippen LogP contribution in [-0.4, -0.2) is 37.6 Å². The number of sulfonamides is 1. The molecule has 0 spiro atoms. The number of ether oxygens (including phenoxy) is 1. The lowest BCUT2D eigenvalue weighted by Crippen LogP contribution is -2.34. The van der Waals surface area contributed by atoms with Crippen LogP contribution in [0.15, 0.2) is 47.6 Å². The van der Waals surface area contributed by atoms with Crippen LogP contribution in [0, 0.1) is 5.82 Å². The summed E-state index contributed by atoms with van der Waals surface area (Å²) >= 11 is 0. The molecule has 3 aromatic rings. The van der Waals surface area contributed by atoms with Crippen molar-refractivity contribution >= 4 is 21.5 Å². The van der Waals surface area contributed by atoms with E-state index >= 15 is 0 Å². The van der Waals surface area contributed by atoms with E-state index in [1.165, 1.54) is 29.8 Å². The number of nitrogen functional groups attached to an aromatic ring is 1. The molecule has 5 rings (SSSR count). The molecule has 1 aromatic heterocycles. The van der Waals surface area contributed by atoms with E-state index in [9.17, 15) is 12.8 Å². The summed E-state index contributed by atoms with van der Waals surface area (Å²) in [6, 6.07) is 8.71. The van der Waals surface area contributed by atoms with Gasteiger partial charge in [-0.1, -0.05) is 13.8 Å². The normalized spacial score (nSPS) is 20.6. The standard InChI is InChI=1S/C27H32FN5O3S/c1-27(2)14-21-20(24-23(27)26(30)32-15-31-24)12-13-22(36-18-8-6-17(29)7-9-18)25(21)33(3)37(34,35)19-10-4-16(28)5-11-19/h4-5,10-13,15,17-18H,6-9,14,29H2,1-3H3,(H2,30,31,32). The summed E-state index contributed by atoms with van der Waals surface area (Å²) in [6.07, 6.45) is 5.15. The predicted octanol–water partition coefficient (Wildman–Crippen LogP) is 4.17. The van der Waals surface area contributed by atoms with Crippen molar-refractivity contribution in [2.75, 3.05) is 17.1 Å². The van der Waals surface area contributed by atoms with Crippen LogP contribution in [0.5, 0.6) is 5.75 Å². The summed E-state index contributed by atoms with van der Waals surface area (Å²) in [5, 5.41) is 0. The third kappa shape index (κ3) is 4.53. The predicted molar refractivity (Wildman–Crippen MR) is 141 cm³/mol. The first-order valence-corrected chi connectivity index (χ1v) is 13.9. The van der Waals surface area contributed by atoms with Gasteiger partial charge in [0.2, 0.25) is 0 Å². The molecule has 0 radical (unpaired) electrons. The Hall–Kier alpha value is -3.24. The number of benzene rings is 2. The number of anilines is 2. The van der Waals surface area contributed by atoms with Crippen LogP contribution in [0.2, 0.25) is 0 Å². The van der Waals surface area contributed by atoms with E-state index in [4.69, 9.17) is 16.2 Å². The minimum Gasteiger partial charge on any atom is -0.488 e. The Kier molecular flexibility index (Phi) is 6.35. The molecule has 1 heterocycles. The minimum atomic E-state index is -4.03. The van der Waals surface area contributed by atoms with Crippen molar-refractivity contribution in [3.63, 3.8) is 0 Å². The van der Waals surface area contributed by atoms with Gasteiger partial charge in [0.05, 0.1) is 22.4 Å². The van der Waals surface area contributed by atoms with Gasteiger partial charge in [0.25, 0.3) is 10.0 Å². The highest BCUT2D eigenvalue weighted by atomic mass is 32.2. The van der Waals surface area contributed by atoms with Crippen LogP contribution < -0.4 is 20.5 Å². The zero-order valence-electron chi connectivity index (χ0n) is 21.2. The molecule has 10 heteroatoms. The second-order valence-electron chi connectivity index (χ2n) is 10.6. The Labute approximate surface area is 216 Å². The number of nitrogens with zero attached hydrogens (tertiary/aromatic N) is 3. The average Bonchev–Trinajstić information content (AvgIpc) is 2.85. The number of hydrogen-bond acceptors (Lipinski definition) is 7. The van der Waals surface area contributed by atoms with Crippen molar-refractivity contribution in [1.29, 1.82) is 0 Å². The molecule has 8 nitrogen and oxygen atoms in total. The first-order valence-electron chi connectivity index (χ1n) is 12.4. The first kappa shape index (κ1) is 25.4. The first-order chi connectivity index (χ1) is 17.5. The Balaban J connectivity index is 1.68. The van der Waals surface area contributed by atoms with Gasteiger partial charge in [0.15, 0.2) is 0 Å². The molecule has 0 aliphatic heterocycles. The highest BCUT2D eigenvalue weighted by molar-refractivity contribution is 7.92. The number of fused-ring (bicyclic) bond motifs is 3. The number of nitrogens with two attached hydrogens (primary N) is 2. The van der Waals surface area contributed by atoms with Crippen molar-refractivity contribution in [3.05, 3.63) is 59.7 Å². The SMILES string of the molecule is CN(c1c(OC2CCC(N)CC2)ccc2c1CC(C)(C)c1c(N)ncnc1-2)S(=O)(=O)c1ccc(F)cc1. The lowest BCUT2D eigenvalue weighted by Gasteiger charge is -2.37. The van der Waals surface area contributed by atoms with Gasteiger partial charge in [-0.2, -0.15) is 0 Å².